The maximum atomic E-state index is 13.4. The largest absolute Gasteiger partial charge is 0.492 e. The smallest absolute Gasteiger partial charge is 0.244 e. The number of para-hydroxylation sites is 2. The zero-order valence-electron chi connectivity index (χ0n) is 19.2. The number of sulfonamides is 1. The average molecular weight is 462 g/mol. The Hall–Kier alpha value is -3.07. The first kappa shape index (κ1) is 25.2. The summed E-state index contributed by atoms with van der Waals surface area (Å²) in [6.45, 7) is 5.40. The molecule has 2 rings (SSSR count). The van der Waals surface area contributed by atoms with Gasteiger partial charge in [0.2, 0.25) is 21.8 Å². The lowest BCUT2D eigenvalue weighted by atomic mass is 10.1. The number of ether oxygens (including phenoxy) is 1. The van der Waals surface area contributed by atoms with Gasteiger partial charge >= 0.3 is 0 Å². The Morgan fingerprint density at radius 1 is 1.12 bits per heavy atom. The molecular weight excluding hydrogens is 430 g/mol. The number of likely N-dealkylation sites (N-methyl/N-ethyl adjacent to an activating group) is 1. The topological polar surface area (TPSA) is 96.0 Å². The van der Waals surface area contributed by atoms with E-state index in [1.165, 1.54) is 11.9 Å². The molecule has 0 fully saturated rings. The lowest BCUT2D eigenvalue weighted by Gasteiger charge is -2.31. The van der Waals surface area contributed by atoms with E-state index in [-0.39, 0.29) is 18.1 Å². The fourth-order valence-corrected chi connectivity index (χ4v) is 4.19. The number of carbonyl (C=O) groups is 2. The minimum absolute atomic E-state index is 0.166. The SMILES string of the molecule is CCOc1ccccc1N(CC(=O)N(Cc1cccc(C)c1)C(C)C(=O)NC)S(C)(=O)=O. The van der Waals surface area contributed by atoms with Crippen LogP contribution in [0.5, 0.6) is 5.75 Å². The molecule has 2 aromatic carbocycles. The minimum Gasteiger partial charge on any atom is -0.492 e. The molecule has 0 aromatic heterocycles. The predicted molar refractivity (Wildman–Crippen MR) is 125 cm³/mol. The third kappa shape index (κ3) is 6.46. The molecule has 0 aliphatic rings. The molecule has 0 saturated carbocycles. The summed E-state index contributed by atoms with van der Waals surface area (Å²) in [6, 6.07) is 13.5. The van der Waals surface area contributed by atoms with E-state index < -0.39 is 28.5 Å². The van der Waals surface area contributed by atoms with E-state index in [4.69, 9.17) is 4.74 Å². The van der Waals surface area contributed by atoms with Gasteiger partial charge in [0.05, 0.1) is 18.6 Å². The third-order valence-corrected chi connectivity index (χ3v) is 6.09. The Morgan fingerprint density at radius 3 is 2.41 bits per heavy atom. The van der Waals surface area contributed by atoms with Crippen LogP contribution in [0.2, 0.25) is 0 Å². The van der Waals surface area contributed by atoms with Crippen molar-refractivity contribution in [3.05, 3.63) is 59.7 Å². The van der Waals surface area contributed by atoms with Crippen molar-refractivity contribution < 1.29 is 22.7 Å². The van der Waals surface area contributed by atoms with Crippen LogP contribution in [0.1, 0.15) is 25.0 Å². The van der Waals surface area contributed by atoms with Crippen LogP contribution in [-0.2, 0) is 26.2 Å². The van der Waals surface area contributed by atoms with Crippen LogP contribution in [0, 0.1) is 6.92 Å². The zero-order chi connectivity index (χ0) is 23.9. The standard InChI is InChI=1S/C23H31N3O5S/c1-6-31-21-13-8-7-12-20(21)26(32(5,29)30)16-22(27)25(18(3)23(28)24-4)15-19-11-9-10-17(2)14-19/h7-14,18H,6,15-16H2,1-5H3,(H,24,28). The van der Waals surface area contributed by atoms with Gasteiger partial charge in [-0.25, -0.2) is 8.42 Å². The van der Waals surface area contributed by atoms with Gasteiger partial charge in [0.25, 0.3) is 0 Å². The highest BCUT2D eigenvalue weighted by Gasteiger charge is 2.30. The van der Waals surface area contributed by atoms with Gasteiger partial charge in [0.15, 0.2) is 0 Å². The molecule has 8 nitrogen and oxygen atoms in total. The number of rotatable bonds is 10. The van der Waals surface area contributed by atoms with Crippen molar-refractivity contribution in [3.8, 4) is 5.75 Å². The molecule has 9 heteroatoms. The Bertz CT molecular complexity index is 1060. The van der Waals surface area contributed by atoms with Crippen LogP contribution in [-0.4, -0.2) is 57.6 Å². The summed E-state index contributed by atoms with van der Waals surface area (Å²) in [5.74, 6) is -0.483. The molecular formula is C23H31N3O5S. The molecule has 1 unspecified atom stereocenters. The molecule has 2 aromatic rings. The van der Waals surface area contributed by atoms with Crippen LogP contribution >= 0.6 is 0 Å². The zero-order valence-corrected chi connectivity index (χ0v) is 20.0. The highest BCUT2D eigenvalue weighted by Crippen LogP contribution is 2.30. The molecule has 32 heavy (non-hydrogen) atoms. The molecule has 0 aliphatic heterocycles. The van der Waals surface area contributed by atoms with Gasteiger partial charge in [-0.15, -0.1) is 0 Å². The molecule has 0 aliphatic carbocycles. The molecule has 1 N–H and O–H groups in total. The van der Waals surface area contributed by atoms with Gasteiger partial charge in [0, 0.05) is 13.6 Å². The monoisotopic (exact) mass is 461 g/mol. The van der Waals surface area contributed by atoms with Crippen molar-refractivity contribution in [3.63, 3.8) is 0 Å². The van der Waals surface area contributed by atoms with E-state index >= 15 is 0 Å². The van der Waals surface area contributed by atoms with E-state index in [2.05, 4.69) is 5.32 Å². The average Bonchev–Trinajstić information content (AvgIpc) is 2.74. The number of hydrogen-bond donors (Lipinski definition) is 1. The number of anilines is 1. The molecule has 0 heterocycles. The Morgan fingerprint density at radius 2 is 1.81 bits per heavy atom. The van der Waals surface area contributed by atoms with E-state index in [1.54, 1.807) is 38.1 Å². The van der Waals surface area contributed by atoms with Gasteiger partial charge < -0.3 is 15.0 Å². The number of nitrogens with one attached hydrogen (secondary N) is 1. The second kappa shape index (κ2) is 11.0. The van der Waals surface area contributed by atoms with Crippen molar-refractivity contribution in [2.24, 2.45) is 0 Å². The van der Waals surface area contributed by atoms with E-state index in [1.807, 2.05) is 31.2 Å². The number of nitrogens with zero attached hydrogens (tertiary/aromatic N) is 2. The van der Waals surface area contributed by atoms with Crippen molar-refractivity contribution in [2.45, 2.75) is 33.4 Å². The molecule has 1 atom stereocenters. The molecule has 174 valence electrons. The van der Waals surface area contributed by atoms with Crippen molar-refractivity contribution in [1.29, 1.82) is 0 Å². The molecule has 0 bridgehead atoms. The first-order valence-corrected chi connectivity index (χ1v) is 12.2. The quantitative estimate of drug-likeness (QED) is 0.586. The van der Waals surface area contributed by atoms with Crippen LogP contribution in [0.3, 0.4) is 0 Å². The third-order valence-electron chi connectivity index (χ3n) is 4.96. The van der Waals surface area contributed by atoms with Crippen molar-refractivity contribution in [1.82, 2.24) is 10.2 Å². The number of carbonyl (C=O) groups excluding carboxylic acids is 2. The van der Waals surface area contributed by atoms with Gasteiger partial charge in [-0.05, 0) is 38.5 Å². The molecule has 0 saturated heterocycles. The predicted octanol–water partition coefficient (Wildman–Crippen LogP) is 2.32. The number of aryl methyl sites for hydroxylation is 1. The van der Waals surface area contributed by atoms with E-state index in [9.17, 15) is 18.0 Å². The van der Waals surface area contributed by atoms with E-state index in [0.29, 0.717) is 12.4 Å². The number of benzene rings is 2. The van der Waals surface area contributed by atoms with Crippen molar-refractivity contribution in [2.75, 3.05) is 30.8 Å². The lowest BCUT2D eigenvalue weighted by molar-refractivity contribution is -0.139. The highest BCUT2D eigenvalue weighted by atomic mass is 32.2. The second-order valence-corrected chi connectivity index (χ2v) is 9.38. The lowest BCUT2D eigenvalue weighted by Crippen LogP contribution is -2.50. The minimum atomic E-state index is -3.81. The Kier molecular flexibility index (Phi) is 8.65. The second-order valence-electron chi connectivity index (χ2n) is 7.47. The summed E-state index contributed by atoms with van der Waals surface area (Å²) < 4.78 is 31.8. The van der Waals surface area contributed by atoms with Gasteiger partial charge in [0.1, 0.15) is 18.3 Å². The summed E-state index contributed by atoms with van der Waals surface area (Å²) in [5, 5.41) is 2.55. The first-order chi connectivity index (χ1) is 15.1. The molecule has 2 amide bonds. The van der Waals surface area contributed by atoms with Crippen LogP contribution in [0.15, 0.2) is 48.5 Å². The van der Waals surface area contributed by atoms with Crippen LogP contribution in [0.4, 0.5) is 5.69 Å². The fraction of sp³-hybridized carbons (Fsp3) is 0.391. The van der Waals surface area contributed by atoms with Gasteiger partial charge in [-0.3, -0.25) is 13.9 Å². The van der Waals surface area contributed by atoms with Gasteiger partial charge in [-0.1, -0.05) is 42.0 Å². The molecule has 0 spiro atoms. The molecule has 0 radical (unpaired) electrons. The van der Waals surface area contributed by atoms with Gasteiger partial charge in [-0.2, -0.15) is 0 Å². The fourth-order valence-electron chi connectivity index (χ4n) is 3.33. The van der Waals surface area contributed by atoms with Crippen LogP contribution < -0.4 is 14.4 Å². The summed E-state index contributed by atoms with van der Waals surface area (Å²) >= 11 is 0. The van der Waals surface area contributed by atoms with E-state index in [0.717, 1.165) is 21.7 Å². The maximum absolute atomic E-state index is 13.4. The number of hydrogen-bond acceptors (Lipinski definition) is 5. The summed E-state index contributed by atoms with van der Waals surface area (Å²) in [6.07, 6.45) is 1.04. The summed E-state index contributed by atoms with van der Waals surface area (Å²) in [5.41, 5.74) is 2.13. The highest BCUT2D eigenvalue weighted by molar-refractivity contribution is 7.92. The Labute approximate surface area is 190 Å². The van der Waals surface area contributed by atoms with Crippen molar-refractivity contribution >= 4 is 27.5 Å². The number of amides is 2. The maximum Gasteiger partial charge on any atom is 0.244 e. The summed E-state index contributed by atoms with van der Waals surface area (Å²) in [7, 11) is -2.32. The summed E-state index contributed by atoms with van der Waals surface area (Å²) in [4.78, 5) is 27.1. The van der Waals surface area contributed by atoms with Crippen LogP contribution in [0.25, 0.3) is 0 Å². The Balaban J connectivity index is 2.43. The normalized spacial score (nSPS) is 12.0. The first-order valence-electron chi connectivity index (χ1n) is 10.3.